The van der Waals surface area contributed by atoms with Gasteiger partial charge in [0.15, 0.2) is 9.84 Å². The summed E-state index contributed by atoms with van der Waals surface area (Å²) in [6, 6.07) is 0.0694. The van der Waals surface area contributed by atoms with Gasteiger partial charge in [-0.05, 0) is 19.4 Å². The summed E-state index contributed by atoms with van der Waals surface area (Å²) in [5.41, 5.74) is 0. The van der Waals surface area contributed by atoms with E-state index in [0.717, 1.165) is 13.0 Å². The van der Waals surface area contributed by atoms with E-state index in [1.165, 1.54) is 6.26 Å². The lowest BCUT2D eigenvalue weighted by Crippen LogP contribution is -2.46. The van der Waals surface area contributed by atoms with Gasteiger partial charge in [0.05, 0.1) is 5.25 Å². The van der Waals surface area contributed by atoms with Gasteiger partial charge in [-0.25, -0.2) is 8.42 Å². The minimum atomic E-state index is -2.94. The Morgan fingerprint density at radius 3 is 2.00 bits per heavy atom. The number of rotatable bonds is 6. The van der Waals surface area contributed by atoms with Gasteiger partial charge < -0.3 is 5.32 Å². The van der Waals surface area contributed by atoms with Gasteiger partial charge in [0.2, 0.25) is 0 Å². The molecule has 3 atom stereocenters. The Bertz CT molecular complexity index is 249. The minimum Gasteiger partial charge on any atom is -0.313 e. The van der Waals surface area contributed by atoms with Crippen molar-refractivity contribution in [2.24, 2.45) is 5.92 Å². The first-order chi connectivity index (χ1) is 6.34. The van der Waals surface area contributed by atoms with E-state index in [1.54, 1.807) is 6.92 Å². The maximum absolute atomic E-state index is 11.4. The highest BCUT2D eigenvalue weighted by molar-refractivity contribution is 7.91. The molecule has 0 saturated heterocycles. The highest BCUT2D eigenvalue weighted by Gasteiger charge is 2.28. The van der Waals surface area contributed by atoms with E-state index in [-0.39, 0.29) is 11.3 Å². The third kappa shape index (κ3) is 3.96. The van der Waals surface area contributed by atoms with Crippen molar-refractivity contribution in [1.82, 2.24) is 5.32 Å². The molecule has 86 valence electrons. The molecule has 0 bridgehead atoms. The van der Waals surface area contributed by atoms with Crippen LogP contribution in [-0.4, -0.2) is 32.5 Å². The molecule has 0 saturated carbocycles. The maximum atomic E-state index is 11.4. The fourth-order valence-electron chi connectivity index (χ4n) is 1.59. The first kappa shape index (κ1) is 13.9. The Morgan fingerprint density at radius 1 is 1.21 bits per heavy atom. The topological polar surface area (TPSA) is 46.2 Å². The van der Waals surface area contributed by atoms with Crippen molar-refractivity contribution < 1.29 is 8.42 Å². The highest BCUT2D eigenvalue weighted by atomic mass is 32.2. The summed E-state index contributed by atoms with van der Waals surface area (Å²) < 4.78 is 22.9. The molecule has 0 radical (unpaired) electrons. The van der Waals surface area contributed by atoms with Gasteiger partial charge in [0.1, 0.15) is 0 Å². The van der Waals surface area contributed by atoms with Crippen LogP contribution in [0.4, 0.5) is 0 Å². The lowest BCUT2D eigenvalue weighted by Gasteiger charge is -2.28. The van der Waals surface area contributed by atoms with Gasteiger partial charge in [0, 0.05) is 12.3 Å². The monoisotopic (exact) mass is 221 g/mol. The second kappa shape index (κ2) is 5.71. The first-order valence-electron chi connectivity index (χ1n) is 5.26. The van der Waals surface area contributed by atoms with Crippen molar-refractivity contribution in [3.63, 3.8) is 0 Å². The van der Waals surface area contributed by atoms with E-state index >= 15 is 0 Å². The molecule has 0 rings (SSSR count). The Labute approximate surface area is 88.2 Å². The van der Waals surface area contributed by atoms with Crippen LogP contribution in [0.2, 0.25) is 0 Å². The molecule has 14 heavy (non-hydrogen) atoms. The second-order valence-electron chi connectivity index (χ2n) is 4.00. The summed E-state index contributed by atoms with van der Waals surface area (Å²) in [4.78, 5) is 0. The van der Waals surface area contributed by atoms with Crippen molar-refractivity contribution in [3.8, 4) is 0 Å². The van der Waals surface area contributed by atoms with Gasteiger partial charge in [-0.2, -0.15) is 0 Å². The van der Waals surface area contributed by atoms with E-state index in [2.05, 4.69) is 19.2 Å². The predicted molar refractivity (Wildman–Crippen MR) is 61.2 cm³/mol. The van der Waals surface area contributed by atoms with Crippen LogP contribution in [0.1, 0.15) is 34.1 Å². The van der Waals surface area contributed by atoms with Crippen molar-refractivity contribution in [3.05, 3.63) is 0 Å². The molecule has 0 spiro atoms. The molecule has 0 aromatic carbocycles. The van der Waals surface area contributed by atoms with Crippen LogP contribution in [-0.2, 0) is 9.84 Å². The average Bonchev–Trinajstić information content (AvgIpc) is 2.10. The van der Waals surface area contributed by atoms with Gasteiger partial charge in [0.25, 0.3) is 0 Å². The van der Waals surface area contributed by atoms with Crippen molar-refractivity contribution in [1.29, 1.82) is 0 Å². The lowest BCUT2D eigenvalue weighted by atomic mass is 9.97. The third-order valence-corrected chi connectivity index (χ3v) is 4.52. The van der Waals surface area contributed by atoms with Crippen LogP contribution in [0, 0.1) is 5.92 Å². The first-order valence-corrected chi connectivity index (χ1v) is 7.22. The van der Waals surface area contributed by atoms with E-state index in [0.29, 0.717) is 5.92 Å². The van der Waals surface area contributed by atoms with Gasteiger partial charge in [-0.15, -0.1) is 0 Å². The Kier molecular flexibility index (Phi) is 5.67. The van der Waals surface area contributed by atoms with E-state index in [9.17, 15) is 8.42 Å². The molecule has 1 N–H and O–H groups in total. The standard InChI is InChI=1S/C10H23NO2S/c1-6-8(3)10(11-7-2)9(4)14(5,12)13/h8-11H,6-7H2,1-5H3. The van der Waals surface area contributed by atoms with Crippen molar-refractivity contribution >= 4 is 9.84 Å². The zero-order valence-corrected chi connectivity index (χ0v) is 10.7. The van der Waals surface area contributed by atoms with E-state index in [4.69, 9.17) is 0 Å². The normalized spacial score (nSPS) is 18.9. The molecule has 0 heterocycles. The molecule has 0 aliphatic carbocycles. The van der Waals surface area contributed by atoms with Crippen LogP contribution in [0.3, 0.4) is 0 Å². The minimum absolute atomic E-state index is 0.0694. The Balaban J connectivity index is 4.65. The highest BCUT2D eigenvalue weighted by Crippen LogP contribution is 2.16. The molecule has 0 fully saturated rings. The van der Waals surface area contributed by atoms with Crippen LogP contribution in [0.5, 0.6) is 0 Å². The molecule has 0 aliphatic rings. The molecule has 3 nitrogen and oxygen atoms in total. The fourth-order valence-corrected chi connectivity index (χ4v) is 2.48. The van der Waals surface area contributed by atoms with Gasteiger partial charge >= 0.3 is 0 Å². The van der Waals surface area contributed by atoms with Crippen LogP contribution < -0.4 is 5.32 Å². The number of hydrogen-bond acceptors (Lipinski definition) is 3. The predicted octanol–water partition coefficient (Wildman–Crippen LogP) is 1.44. The Morgan fingerprint density at radius 2 is 1.71 bits per heavy atom. The molecule has 0 aliphatic heterocycles. The van der Waals surface area contributed by atoms with E-state index in [1.807, 2.05) is 6.92 Å². The SMILES string of the molecule is CCNC(C(C)CC)C(C)S(C)(=O)=O. The number of sulfone groups is 1. The summed E-state index contributed by atoms with van der Waals surface area (Å²) in [7, 11) is -2.94. The summed E-state index contributed by atoms with van der Waals surface area (Å²) in [5, 5.41) is 2.95. The van der Waals surface area contributed by atoms with Crippen LogP contribution in [0.25, 0.3) is 0 Å². The molecule has 3 unspecified atom stereocenters. The van der Waals surface area contributed by atoms with Crippen molar-refractivity contribution in [2.75, 3.05) is 12.8 Å². The second-order valence-corrected chi connectivity index (χ2v) is 6.41. The quantitative estimate of drug-likeness (QED) is 0.738. The zero-order valence-electron chi connectivity index (χ0n) is 9.87. The van der Waals surface area contributed by atoms with E-state index < -0.39 is 9.84 Å². The Hall–Kier alpha value is -0.0900. The van der Waals surface area contributed by atoms with Crippen LogP contribution >= 0.6 is 0 Å². The summed E-state index contributed by atoms with van der Waals surface area (Å²) in [6.07, 6.45) is 2.31. The van der Waals surface area contributed by atoms with Gasteiger partial charge in [-0.1, -0.05) is 27.2 Å². The molecule has 0 amide bonds. The summed E-state index contributed by atoms with van der Waals surface area (Å²) in [6.45, 7) is 8.78. The molecular weight excluding hydrogens is 198 g/mol. The number of nitrogens with one attached hydrogen (secondary N) is 1. The van der Waals surface area contributed by atoms with Crippen molar-refractivity contribution in [2.45, 2.75) is 45.4 Å². The largest absolute Gasteiger partial charge is 0.313 e. The lowest BCUT2D eigenvalue weighted by molar-refractivity contribution is 0.363. The maximum Gasteiger partial charge on any atom is 0.151 e. The molecule has 4 heteroatoms. The summed E-state index contributed by atoms with van der Waals surface area (Å²) >= 11 is 0. The summed E-state index contributed by atoms with van der Waals surface area (Å²) in [5.74, 6) is 0.389. The number of hydrogen-bond donors (Lipinski definition) is 1. The third-order valence-electron chi connectivity index (χ3n) is 2.88. The van der Waals surface area contributed by atoms with Crippen LogP contribution in [0.15, 0.2) is 0 Å². The smallest absolute Gasteiger partial charge is 0.151 e. The fraction of sp³-hybridized carbons (Fsp3) is 1.00. The van der Waals surface area contributed by atoms with Gasteiger partial charge in [-0.3, -0.25) is 0 Å². The molecule has 0 aromatic heterocycles. The molecular formula is C10H23NO2S. The average molecular weight is 221 g/mol. The molecule has 0 aromatic rings. The zero-order chi connectivity index (χ0) is 11.4.